The first-order chi connectivity index (χ1) is 9.51. The summed E-state index contributed by atoms with van der Waals surface area (Å²) in [6.07, 6.45) is 0. The molecule has 0 spiro atoms. The van der Waals surface area contributed by atoms with Crippen molar-refractivity contribution in [2.24, 2.45) is 5.73 Å². The van der Waals surface area contributed by atoms with Crippen LogP contribution in [0.3, 0.4) is 0 Å². The van der Waals surface area contributed by atoms with Gasteiger partial charge in [0.05, 0.1) is 7.11 Å². The van der Waals surface area contributed by atoms with Gasteiger partial charge in [0.25, 0.3) is 0 Å². The molecule has 0 aliphatic carbocycles. The van der Waals surface area contributed by atoms with Crippen molar-refractivity contribution in [1.82, 2.24) is 0 Å². The second-order valence-corrected chi connectivity index (χ2v) is 3.96. The topological polar surface area (TPSA) is 68.3 Å². The predicted octanol–water partition coefficient (Wildman–Crippen LogP) is 3.05. The summed E-state index contributed by atoms with van der Waals surface area (Å²) in [4.78, 5) is 0. The fourth-order valence-electron chi connectivity index (χ4n) is 1.57. The Hall–Kier alpha value is -2.63. The maximum Gasteiger partial charge on any atom is 0.198 e. The van der Waals surface area contributed by atoms with Gasteiger partial charge in [-0.2, -0.15) is 0 Å². The first kappa shape index (κ1) is 13.8. The van der Waals surface area contributed by atoms with Crippen LogP contribution in [-0.2, 0) is 0 Å². The van der Waals surface area contributed by atoms with E-state index >= 15 is 0 Å². The Labute approximate surface area is 114 Å². The standard InChI is InChI=1S/C14H12F2N2O2/c1-19-9-2-4-10(5-3-9)20-13-11(15)6-8(14(17)18)7-12(13)16/h2-7H,1H3,(H3,17,18). The molecule has 0 aliphatic rings. The number of methoxy groups -OCH3 is 1. The molecule has 0 amide bonds. The van der Waals surface area contributed by atoms with Crippen molar-refractivity contribution in [2.45, 2.75) is 0 Å². The van der Waals surface area contributed by atoms with E-state index in [1.54, 1.807) is 12.1 Å². The highest BCUT2D eigenvalue weighted by Crippen LogP contribution is 2.29. The first-order valence-electron chi connectivity index (χ1n) is 5.66. The quantitative estimate of drug-likeness (QED) is 0.667. The van der Waals surface area contributed by atoms with E-state index in [0.29, 0.717) is 5.75 Å². The highest BCUT2D eigenvalue weighted by molar-refractivity contribution is 5.95. The number of nitrogens with two attached hydrogens (primary N) is 1. The number of ether oxygens (including phenoxy) is 2. The van der Waals surface area contributed by atoms with Gasteiger partial charge in [-0.3, -0.25) is 5.41 Å². The van der Waals surface area contributed by atoms with Crippen LogP contribution >= 0.6 is 0 Å². The van der Waals surface area contributed by atoms with Crippen molar-refractivity contribution < 1.29 is 18.3 Å². The molecular weight excluding hydrogens is 266 g/mol. The number of benzene rings is 2. The number of rotatable bonds is 4. The molecular formula is C14H12F2N2O2. The van der Waals surface area contributed by atoms with Crippen molar-refractivity contribution in [3.05, 3.63) is 53.6 Å². The molecule has 0 unspecified atom stereocenters. The number of nitrogen functional groups attached to an aromatic ring is 1. The molecule has 0 aliphatic heterocycles. The Morgan fingerprint density at radius 3 is 2.00 bits per heavy atom. The maximum atomic E-state index is 13.8. The molecule has 0 saturated heterocycles. The average Bonchev–Trinajstić information content (AvgIpc) is 2.43. The lowest BCUT2D eigenvalue weighted by atomic mass is 10.2. The normalized spacial score (nSPS) is 10.2. The average molecular weight is 278 g/mol. The highest BCUT2D eigenvalue weighted by atomic mass is 19.1. The summed E-state index contributed by atoms with van der Waals surface area (Å²) in [6, 6.07) is 8.16. The summed E-state index contributed by atoms with van der Waals surface area (Å²) in [5, 5.41) is 7.15. The van der Waals surface area contributed by atoms with Crippen molar-refractivity contribution in [2.75, 3.05) is 7.11 Å². The summed E-state index contributed by atoms with van der Waals surface area (Å²) >= 11 is 0. The fraction of sp³-hybridized carbons (Fsp3) is 0.0714. The Morgan fingerprint density at radius 1 is 1.05 bits per heavy atom. The molecule has 6 heteroatoms. The Morgan fingerprint density at radius 2 is 1.55 bits per heavy atom. The van der Waals surface area contributed by atoms with Gasteiger partial charge in [-0.15, -0.1) is 0 Å². The van der Waals surface area contributed by atoms with Gasteiger partial charge in [-0.25, -0.2) is 8.78 Å². The fourth-order valence-corrected chi connectivity index (χ4v) is 1.57. The van der Waals surface area contributed by atoms with Gasteiger partial charge in [-0.1, -0.05) is 0 Å². The molecule has 0 saturated carbocycles. The Bertz CT molecular complexity index is 619. The third-order valence-corrected chi connectivity index (χ3v) is 2.59. The molecule has 4 nitrogen and oxygen atoms in total. The van der Waals surface area contributed by atoms with Crippen molar-refractivity contribution >= 4 is 5.84 Å². The van der Waals surface area contributed by atoms with E-state index in [1.165, 1.54) is 19.2 Å². The molecule has 0 radical (unpaired) electrons. The van der Waals surface area contributed by atoms with E-state index < -0.39 is 23.2 Å². The molecule has 0 heterocycles. The van der Waals surface area contributed by atoms with Crippen LogP contribution in [0.15, 0.2) is 36.4 Å². The van der Waals surface area contributed by atoms with Crippen molar-refractivity contribution in [3.8, 4) is 17.2 Å². The molecule has 20 heavy (non-hydrogen) atoms. The lowest BCUT2D eigenvalue weighted by Gasteiger charge is -2.10. The van der Waals surface area contributed by atoms with Gasteiger partial charge in [0, 0.05) is 5.56 Å². The van der Waals surface area contributed by atoms with E-state index in [4.69, 9.17) is 20.6 Å². The lowest BCUT2D eigenvalue weighted by Crippen LogP contribution is -2.12. The predicted molar refractivity (Wildman–Crippen MR) is 70.4 cm³/mol. The molecule has 0 bridgehead atoms. The second kappa shape index (κ2) is 5.56. The zero-order valence-corrected chi connectivity index (χ0v) is 10.6. The van der Waals surface area contributed by atoms with E-state index in [1.807, 2.05) is 0 Å². The smallest absolute Gasteiger partial charge is 0.198 e. The van der Waals surface area contributed by atoms with Gasteiger partial charge in [-0.05, 0) is 36.4 Å². The molecule has 0 fully saturated rings. The van der Waals surface area contributed by atoms with Crippen LogP contribution in [0.2, 0.25) is 0 Å². The molecule has 2 aromatic carbocycles. The molecule has 104 valence electrons. The monoisotopic (exact) mass is 278 g/mol. The summed E-state index contributed by atoms with van der Waals surface area (Å²) in [7, 11) is 1.51. The minimum absolute atomic E-state index is 0.0397. The summed E-state index contributed by atoms with van der Waals surface area (Å²) in [6.45, 7) is 0. The Balaban J connectivity index is 2.30. The Kier molecular flexibility index (Phi) is 3.84. The third kappa shape index (κ3) is 2.85. The van der Waals surface area contributed by atoms with E-state index in [9.17, 15) is 8.78 Å². The summed E-state index contributed by atoms with van der Waals surface area (Å²) in [5.74, 6) is -1.94. The van der Waals surface area contributed by atoms with Gasteiger partial charge >= 0.3 is 0 Å². The SMILES string of the molecule is COc1ccc(Oc2c(F)cc(C(=N)N)cc2F)cc1. The van der Waals surface area contributed by atoms with Crippen LogP contribution in [0.25, 0.3) is 0 Å². The second-order valence-electron chi connectivity index (χ2n) is 3.96. The summed E-state index contributed by atoms with van der Waals surface area (Å²) in [5.41, 5.74) is 5.14. The third-order valence-electron chi connectivity index (χ3n) is 2.59. The molecule has 0 aromatic heterocycles. The highest BCUT2D eigenvalue weighted by Gasteiger charge is 2.14. The van der Waals surface area contributed by atoms with Gasteiger partial charge in [0.1, 0.15) is 17.3 Å². The van der Waals surface area contributed by atoms with Crippen LogP contribution < -0.4 is 15.2 Å². The van der Waals surface area contributed by atoms with E-state index in [2.05, 4.69) is 0 Å². The van der Waals surface area contributed by atoms with E-state index in [0.717, 1.165) is 12.1 Å². The molecule has 3 N–H and O–H groups in total. The summed E-state index contributed by atoms with van der Waals surface area (Å²) < 4.78 is 37.6. The lowest BCUT2D eigenvalue weighted by molar-refractivity contribution is 0.401. The zero-order valence-electron chi connectivity index (χ0n) is 10.6. The van der Waals surface area contributed by atoms with Gasteiger partial charge in [0.15, 0.2) is 17.4 Å². The van der Waals surface area contributed by atoms with Gasteiger partial charge in [0.2, 0.25) is 0 Å². The maximum absolute atomic E-state index is 13.8. The molecule has 2 rings (SSSR count). The minimum Gasteiger partial charge on any atom is -0.497 e. The number of hydrogen-bond donors (Lipinski definition) is 2. The number of nitrogens with one attached hydrogen (secondary N) is 1. The van der Waals surface area contributed by atoms with Crippen molar-refractivity contribution in [3.63, 3.8) is 0 Å². The van der Waals surface area contributed by atoms with E-state index in [-0.39, 0.29) is 11.3 Å². The minimum atomic E-state index is -0.925. The van der Waals surface area contributed by atoms with Crippen LogP contribution in [0, 0.1) is 17.0 Å². The van der Waals surface area contributed by atoms with Crippen LogP contribution in [-0.4, -0.2) is 12.9 Å². The molecule has 2 aromatic rings. The zero-order chi connectivity index (χ0) is 14.7. The van der Waals surface area contributed by atoms with Crippen molar-refractivity contribution in [1.29, 1.82) is 5.41 Å². The van der Waals surface area contributed by atoms with Crippen LogP contribution in [0.1, 0.15) is 5.56 Å². The van der Waals surface area contributed by atoms with Crippen LogP contribution in [0.5, 0.6) is 17.2 Å². The number of amidine groups is 1. The molecule has 0 atom stereocenters. The van der Waals surface area contributed by atoms with Crippen LogP contribution in [0.4, 0.5) is 8.78 Å². The number of halogens is 2. The van der Waals surface area contributed by atoms with Gasteiger partial charge < -0.3 is 15.2 Å². The largest absolute Gasteiger partial charge is 0.497 e. The first-order valence-corrected chi connectivity index (χ1v) is 5.66. The number of hydrogen-bond acceptors (Lipinski definition) is 3.